The Morgan fingerprint density at radius 1 is 0.630 bits per heavy atom. The fourth-order valence-corrected chi connectivity index (χ4v) is 9.00. The molecular formula is C26H33P. The Balaban J connectivity index is 1.76. The molecule has 0 spiro atoms. The Bertz CT molecular complexity index is 688. The second kappa shape index (κ2) is 9.70. The van der Waals surface area contributed by atoms with Gasteiger partial charge in [-0.05, 0) is 59.5 Å². The molecule has 0 bridgehead atoms. The lowest BCUT2D eigenvalue weighted by molar-refractivity contribution is 0.487. The quantitative estimate of drug-likeness (QED) is 0.363. The van der Waals surface area contributed by atoms with E-state index in [0.717, 1.165) is 11.3 Å². The molecule has 0 N–H and O–H groups in total. The van der Waals surface area contributed by atoms with E-state index in [1.54, 1.807) is 5.31 Å². The van der Waals surface area contributed by atoms with Gasteiger partial charge in [0.25, 0.3) is 0 Å². The SMILES string of the molecule is C(=C(c1ccccc1)P(C1CCCCC1)C1CCCCC1)c1ccccc1. The van der Waals surface area contributed by atoms with Crippen LogP contribution < -0.4 is 0 Å². The highest BCUT2D eigenvalue weighted by molar-refractivity contribution is 7.70. The molecule has 0 amide bonds. The van der Waals surface area contributed by atoms with Gasteiger partial charge in [-0.2, -0.15) is 0 Å². The summed E-state index contributed by atoms with van der Waals surface area (Å²) in [6.07, 6.45) is 17.1. The predicted octanol–water partition coefficient (Wildman–Crippen LogP) is 8.33. The third kappa shape index (κ3) is 4.91. The van der Waals surface area contributed by atoms with Crippen LogP contribution in [0.2, 0.25) is 0 Å². The van der Waals surface area contributed by atoms with Gasteiger partial charge in [-0.15, -0.1) is 0 Å². The first-order chi connectivity index (χ1) is 13.4. The lowest BCUT2D eigenvalue weighted by Crippen LogP contribution is -2.21. The lowest BCUT2D eigenvalue weighted by Gasteiger charge is -2.40. The zero-order valence-electron chi connectivity index (χ0n) is 16.5. The third-order valence-electron chi connectivity index (χ3n) is 6.39. The number of rotatable bonds is 5. The molecule has 2 aliphatic carbocycles. The Kier molecular flexibility index (Phi) is 6.81. The highest BCUT2D eigenvalue weighted by Crippen LogP contribution is 2.64. The first-order valence-corrected chi connectivity index (χ1v) is 12.5. The van der Waals surface area contributed by atoms with Crippen LogP contribution in [0.1, 0.15) is 75.3 Å². The highest BCUT2D eigenvalue weighted by Gasteiger charge is 2.33. The van der Waals surface area contributed by atoms with Crippen molar-refractivity contribution in [2.75, 3.05) is 0 Å². The predicted molar refractivity (Wildman–Crippen MR) is 121 cm³/mol. The normalized spacial score (nSPS) is 20.1. The molecule has 2 saturated carbocycles. The van der Waals surface area contributed by atoms with Gasteiger partial charge in [-0.1, -0.05) is 107 Å². The van der Waals surface area contributed by atoms with E-state index in [2.05, 4.69) is 66.7 Å². The van der Waals surface area contributed by atoms with E-state index >= 15 is 0 Å². The van der Waals surface area contributed by atoms with Gasteiger partial charge in [0.15, 0.2) is 0 Å². The summed E-state index contributed by atoms with van der Waals surface area (Å²) in [6.45, 7) is 0. The summed E-state index contributed by atoms with van der Waals surface area (Å²) >= 11 is 0. The summed E-state index contributed by atoms with van der Waals surface area (Å²) in [4.78, 5) is 0. The smallest absolute Gasteiger partial charge is 0.0157 e. The average Bonchev–Trinajstić information content (AvgIpc) is 2.76. The molecule has 0 heterocycles. The minimum absolute atomic E-state index is 0.0993. The van der Waals surface area contributed by atoms with Crippen LogP contribution in [0.15, 0.2) is 60.7 Å². The zero-order valence-corrected chi connectivity index (χ0v) is 17.4. The molecule has 0 saturated heterocycles. The molecule has 0 unspecified atom stereocenters. The van der Waals surface area contributed by atoms with Crippen LogP contribution in [-0.2, 0) is 0 Å². The summed E-state index contributed by atoms with van der Waals surface area (Å²) in [7, 11) is -0.0993. The standard InChI is InChI=1S/C26H33P/c1-5-13-22(14-6-1)21-26(23-15-7-2-8-16-23)27(24-17-9-3-10-18-24)25-19-11-4-12-20-25/h1-2,5-8,13-16,21,24-25H,3-4,9-12,17-20H2. The van der Waals surface area contributed by atoms with Crippen LogP contribution in [0.25, 0.3) is 11.4 Å². The van der Waals surface area contributed by atoms with E-state index in [1.807, 2.05) is 0 Å². The molecule has 142 valence electrons. The van der Waals surface area contributed by atoms with Crippen LogP contribution in [0, 0.1) is 0 Å². The number of hydrogen-bond donors (Lipinski definition) is 0. The number of hydrogen-bond acceptors (Lipinski definition) is 0. The summed E-state index contributed by atoms with van der Waals surface area (Å²) in [5.74, 6) is 0. The maximum atomic E-state index is 2.55. The Morgan fingerprint density at radius 2 is 1.11 bits per heavy atom. The fourth-order valence-electron chi connectivity index (χ4n) is 5.03. The lowest BCUT2D eigenvalue weighted by atomic mass is 9.99. The van der Waals surface area contributed by atoms with Crippen molar-refractivity contribution in [1.29, 1.82) is 0 Å². The van der Waals surface area contributed by atoms with Crippen molar-refractivity contribution in [1.82, 2.24) is 0 Å². The Morgan fingerprint density at radius 3 is 1.63 bits per heavy atom. The van der Waals surface area contributed by atoms with E-state index in [0.29, 0.717) is 0 Å². The largest absolute Gasteiger partial charge is 0.0683 e. The Hall–Kier alpha value is -1.39. The summed E-state index contributed by atoms with van der Waals surface area (Å²) < 4.78 is 0. The van der Waals surface area contributed by atoms with E-state index in [1.165, 1.54) is 75.3 Å². The molecule has 0 aliphatic heterocycles. The van der Waals surface area contributed by atoms with Crippen molar-refractivity contribution in [2.24, 2.45) is 0 Å². The van der Waals surface area contributed by atoms with Crippen LogP contribution in [-0.4, -0.2) is 11.3 Å². The van der Waals surface area contributed by atoms with Gasteiger partial charge < -0.3 is 0 Å². The molecule has 27 heavy (non-hydrogen) atoms. The maximum absolute atomic E-state index is 2.55. The minimum atomic E-state index is -0.0993. The van der Waals surface area contributed by atoms with Crippen molar-refractivity contribution in [3.8, 4) is 0 Å². The average molecular weight is 377 g/mol. The van der Waals surface area contributed by atoms with E-state index in [-0.39, 0.29) is 7.92 Å². The van der Waals surface area contributed by atoms with Crippen LogP contribution in [0.4, 0.5) is 0 Å². The van der Waals surface area contributed by atoms with Crippen molar-refractivity contribution in [3.05, 3.63) is 71.8 Å². The molecule has 0 atom stereocenters. The zero-order chi connectivity index (χ0) is 18.3. The van der Waals surface area contributed by atoms with Gasteiger partial charge in [-0.25, -0.2) is 0 Å². The fraction of sp³-hybridized carbons (Fsp3) is 0.462. The molecule has 0 radical (unpaired) electrons. The van der Waals surface area contributed by atoms with Gasteiger partial charge in [0.1, 0.15) is 0 Å². The summed E-state index contributed by atoms with van der Waals surface area (Å²) in [5.41, 5.74) is 4.72. The van der Waals surface area contributed by atoms with E-state index in [4.69, 9.17) is 0 Å². The van der Waals surface area contributed by atoms with Crippen molar-refractivity contribution < 1.29 is 0 Å². The first kappa shape index (κ1) is 18.9. The molecule has 2 aliphatic rings. The molecule has 0 nitrogen and oxygen atoms in total. The first-order valence-electron chi connectivity index (χ1n) is 11.0. The minimum Gasteiger partial charge on any atom is -0.0683 e. The van der Waals surface area contributed by atoms with Crippen molar-refractivity contribution in [3.63, 3.8) is 0 Å². The van der Waals surface area contributed by atoms with Gasteiger partial charge >= 0.3 is 0 Å². The monoisotopic (exact) mass is 376 g/mol. The number of benzene rings is 2. The van der Waals surface area contributed by atoms with Gasteiger partial charge in [0.05, 0.1) is 0 Å². The van der Waals surface area contributed by atoms with E-state index < -0.39 is 0 Å². The topological polar surface area (TPSA) is 0 Å². The molecular weight excluding hydrogens is 343 g/mol. The van der Waals surface area contributed by atoms with Crippen LogP contribution in [0.3, 0.4) is 0 Å². The van der Waals surface area contributed by atoms with Gasteiger partial charge in [-0.3, -0.25) is 0 Å². The molecule has 2 fully saturated rings. The van der Waals surface area contributed by atoms with Crippen molar-refractivity contribution >= 4 is 19.3 Å². The molecule has 0 aromatic heterocycles. The second-order valence-corrected chi connectivity index (χ2v) is 11.1. The second-order valence-electron chi connectivity index (χ2n) is 8.30. The van der Waals surface area contributed by atoms with E-state index in [9.17, 15) is 0 Å². The summed E-state index contributed by atoms with van der Waals surface area (Å²) in [5, 5.41) is 1.68. The molecule has 2 aromatic carbocycles. The molecule has 4 rings (SSSR count). The van der Waals surface area contributed by atoms with Crippen LogP contribution >= 0.6 is 7.92 Å². The molecule has 1 heteroatoms. The highest BCUT2D eigenvalue weighted by atomic mass is 31.1. The van der Waals surface area contributed by atoms with Crippen LogP contribution in [0.5, 0.6) is 0 Å². The van der Waals surface area contributed by atoms with Gasteiger partial charge in [0.2, 0.25) is 0 Å². The Labute approximate surface area is 166 Å². The van der Waals surface area contributed by atoms with Crippen molar-refractivity contribution in [2.45, 2.75) is 75.5 Å². The third-order valence-corrected chi connectivity index (χ3v) is 9.94. The molecule has 2 aromatic rings. The van der Waals surface area contributed by atoms with Gasteiger partial charge in [0, 0.05) is 0 Å². The summed E-state index contributed by atoms with van der Waals surface area (Å²) in [6, 6.07) is 22.4. The maximum Gasteiger partial charge on any atom is -0.0157 e.